The summed E-state index contributed by atoms with van der Waals surface area (Å²) in [7, 11) is 0. The van der Waals surface area contributed by atoms with Crippen LogP contribution in [0.4, 0.5) is 11.8 Å². The molecule has 2 N–H and O–H groups in total. The molecule has 0 aliphatic heterocycles. The van der Waals surface area contributed by atoms with E-state index in [1.165, 1.54) is 4.88 Å². The second-order valence-electron chi connectivity index (χ2n) is 5.17. The van der Waals surface area contributed by atoms with Gasteiger partial charge in [0.25, 0.3) is 0 Å². The number of fused-ring (bicyclic) bond motifs is 1. The van der Waals surface area contributed by atoms with E-state index in [1.54, 1.807) is 11.3 Å². The molecule has 0 fully saturated rings. The molecule has 0 aliphatic rings. The Labute approximate surface area is 118 Å². The summed E-state index contributed by atoms with van der Waals surface area (Å²) < 4.78 is 0. The zero-order valence-electron chi connectivity index (χ0n) is 12.1. The molecule has 104 valence electrons. The first-order valence-electron chi connectivity index (χ1n) is 6.86. The standard InChI is InChI=1S/C14H22N4S/c1-5-6-15-14-17-12(16-8-9(2)3)11-7-10(4)19-13(11)18-14/h7,9H,5-6,8H2,1-4H3,(H2,15,16,17,18). The molecule has 2 heterocycles. The van der Waals surface area contributed by atoms with Crippen molar-refractivity contribution in [2.45, 2.75) is 34.1 Å². The minimum atomic E-state index is 0.594. The van der Waals surface area contributed by atoms with Crippen molar-refractivity contribution in [3.63, 3.8) is 0 Å². The Morgan fingerprint density at radius 3 is 2.74 bits per heavy atom. The van der Waals surface area contributed by atoms with Crippen LogP contribution >= 0.6 is 11.3 Å². The lowest BCUT2D eigenvalue weighted by Crippen LogP contribution is -2.11. The minimum absolute atomic E-state index is 0.594. The van der Waals surface area contributed by atoms with Crippen molar-refractivity contribution in [1.82, 2.24) is 9.97 Å². The van der Waals surface area contributed by atoms with Crippen molar-refractivity contribution in [2.75, 3.05) is 23.7 Å². The lowest BCUT2D eigenvalue weighted by atomic mass is 10.2. The van der Waals surface area contributed by atoms with E-state index in [0.29, 0.717) is 5.92 Å². The van der Waals surface area contributed by atoms with E-state index in [9.17, 15) is 0 Å². The Hall–Kier alpha value is -1.36. The van der Waals surface area contributed by atoms with Crippen LogP contribution in [0.15, 0.2) is 6.07 Å². The van der Waals surface area contributed by atoms with Crippen LogP contribution in [-0.2, 0) is 0 Å². The Kier molecular flexibility index (Phi) is 4.58. The Bertz CT molecular complexity index is 548. The predicted octanol–water partition coefficient (Wildman–Crippen LogP) is 3.89. The average molecular weight is 278 g/mol. The number of anilines is 2. The van der Waals surface area contributed by atoms with Gasteiger partial charge in [0.15, 0.2) is 0 Å². The molecule has 2 rings (SSSR count). The monoisotopic (exact) mass is 278 g/mol. The highest BCUT2D eigenvalue weighted by atomic mass is 32.1. The minimum Gasteiger partial charge on any atom is -0.369 e. The third-order valence-electron chi connectivity index (χ3n) is 2.73. The SMILES string of the molecule is CCCNc1nc(NCC(C)C)c2cc(C)sc2n1. The van der Waals surface area contributed by atoms with Gasteiger partial charge in [-0.05, 0) is 25.3 Å². The molecule has 2 aromatic heterocycles. The number of nitrogens with zero attached hydrogens (tertiary/aromatic N) is 2. The number of hydrogen-bond acceptors (Lipinski definition) is 5. The summed E-state index contributed by atoms with van der Waals surface area (Å²) in [5, 5.41) is 7.83. The summed E-state index contributed by atoms with van der Waals surface area (Å²) in [6, 6.07) is 2.16. The van der Waals surface area contributed by atoms with Gasteiger partial charge in [-0.2, -0.15) is 4.98 Å². The van der Waals surface area contributed by atoms with Crippen molar-refractivity contribution in [3.8, 4) is 0 Å². The number of hydrogen-bond donors (Lipinski definition) is 2. The van der Waals surface area contributed by atoms with Crippen LogP contribution in [-0.4, -0.2) is 23.1 Å². The Morgan fingerprint density at radius 2 is 2.05 bits per heavy atom. The first-order valence-corrected chi connectivity index (χ1v) is 7.67. The third-order valence-corrected chi connectivity index (χ3v) is 3.67. The van der Waals surface area contributed by atoms with Gasteiger partial charge in [0.2, 0.25) is 5.95 Å². The average Bonchev–Trinajstić information content (AvgIpc) is 2.73. The lowest BCUT2D eigenvalue weighted by molar-refractivity contribution is 0.687. The van der Waals surface area contributed by atoms with Crippen LogP contribution in [0.1, 0.15) is 32.1 Å². The third kappa shape index (κ3) is 3.56. The first-order chi connectivity index (χ1) is 9.10. The highest BCUT2D eigenvalue weighted by molar-refractivity contribution is 7.18. The molecule has 0 aromatic carbocycles. The highest BCUT2D eigenvalue weighted by Crippen LogP contribution is 2.29. The van der Waals surface area contributed by atoms with Crippen LogP contribution in [0, 0.1) is 12.8 Å². The number of aromatic nitrogens is 2. The normalized spacial score (nSPS) is 11.2. The fraction of sp³-hybridized carbons (Fsp3) is 0.571. The summed E-state index contributed by atoms with van der Waals surface area (Å²) in [6.07, 6.45) is 1.07. The van der Waals surface area contributed by atoms with Gasteiger partial charge < -0.3 is 10.6 Å². The van der Waals surface area contributed by atoms with E-state index in [4.69, 9.17) is 0 Å². The molecule has 0 saturated heterocycles. The van der Waals surface area contributed by atoms with Crippen molar-refractivity contribution < 1.29 is 0 Å². The Morgan fingerprint density at radius 1 is 1.26 bits per heavy atom. The van der Waals surface area contributed by atoms with E-state index in [1.807, 2.05) is 0 Å². The zero-order chi connectivity index (χ0) is 13.8. The maximum absolute atomic E-state index is 4.60. The van der Waals surface area contributed by atoms with Crippen LogP contribution in [0.2, 0.25) is 0 Å². The van der Waals surface area contributed by atoms with Gasteiger partial charge in [0.1, 0.15) is 10.6 Å². The van der Waals surface area contributed by atoms with Crippen LogP contribution < -0.4 is 10.6 Å². The number of rotatable bonds is 6. The molecule has 4 nitrogen and oxygen atoms in total. The van der Waals surface area contributed by atoms with E-state index in [2.05, 4.69) is 54.4 Å². The molecular formula is C14H22N4S. The van der Waals surface area contributed by atoms with Gasteiger partial charge in [-0.3, -0.25) is 0 Å². The molecule has 2 aromatic rings. The summed E-state index contributed by atoms with van der Waals surface area (Å²) in [4.78, 5) is 11.5. The molecule has 0 bridgehead atoms. The summed E-state index contributed by atoms with van der Waals surface area (Å²) in [6.45, 7) is 10.5. The second kappa shape index (κ2) is 6.19. The smallest absolute Gasteiger partial charge is 0.226 e. The fourth-order valence-corrected chi connectivity index (χ4v) is 2.67. The van der Waals surface area contributed by atoms with Gasteiger partial charge in [-0.15, -0.1) is 11.3 Å². The Balaban J connectivity index is 2.33. The van der Waals surface area contributed by atoms with Gasteiger partial charge in [-0.1, -0.05) is 20.8 Å². The zero-order valence-corrected chi connectivity index (χ0v) is 12.9. The maximum atomic E-state index is 4.60. The highest BCUT2D eigenvalue weighted by Gasteiger charge is 2.10. The van der Waals surface area contributed by atoms with Gasteiger partial charge in [-0.25, -0.2) is 4.98 Å². The summed E-state index contributed by atoms with van der Waals surface area (Å²) in [5.41, 5.74) is 0. The molecule has 5 heteroatoms. The molecule has 0 unspecified atom stereocenters. The van der Waals surface area contributed by atoms with Gasteiger partial charge in [0, 0.05) is 18.0 Å². The molecule has 0 spiro atoms. The first kappa shape index (κ1) is 14.1. The van der Waals surface area contributed by atoms with Gasteiger partial charge >= 0.3 is 0 Å². The summed E-state index contributed by atoms with van der Waals surface area (Å²) >= 11 is 1.72. The topological polar surface area (TPSA) is 49.8 Å². The maximum Gasteiger partial charge on any atom is 0.226 e. The molecule has 0 atom stereocenters. The van der Waals surface area contributed by atoms with Crippen molar-refractivity contribution >= 4 is 33.3 Å². The largest absolute Gasteiger partial charge is 0.369 e. The fourth-order valence-electron chi connectivity index (χ4n) is 1.79. The second-order valence-corrected chi connectivity index (χ2v) is 6.41. The van der Waals surface area contributed by atoms with Crippen molar-refractivity contribution in [3.05, 3.63) is 10.9 Å². The lowest BCUT2D eigenvalue weighted by Gasteiger charge is -2.11. The van der Waals surface area contributed by atoms with Gasteiger partial charge in [0.05, 0.1) is 5.39 Å². The van der Waals surface area contributed by atoms with Crippen LogP contribution in [0.3, 0.4) is 0 Å². The van der Waals surface area contributed by atoms with E-state index in [-0.39, 0.29) is 0 Å². The molecule has 0 radical (unpaired) electrons. The van der Waals surface area contributed by atoms with Crippen LogP contribution in [0.25, 0.3) is 10.2 Å². The molecule has 0 aliphatic carbocycles. The number of nitrogens with one attached hydrogen (secondary N) is 2. The quantitative estimate of drug-likeness (QED) is 0.841. The predicted molar refractivity (Wildman–Crippen MR) is 84.3 cm³/mol. The molecule has 19 heavy (non-hydrogen) atoms. The van der Waals surface area contributed by atoms with E-state index >= 15 is 0 Å². The molecule has 0 amide bonds. The van der Waals surface area contributed by atoms with E-state index < -0.39 is 0 Å². The van der Waals surface area contributed by atoms with E-state index in [0.717, 1.165) is 41.5 Å². The number of aryl methyl sites for hydroxylation is 1. The van der Waals surface area contributed by atoms with Crippen molar-refractivity contribution in [1.29, 1.82) is 0 Å². The summed E-state index contributed by atoms with van der Waals surface area (Å²) in [5.74, 6) is 2.26. The van der Waals surface area contributed by atoms with Crippen LogP contribution in [0.5, 0.6) is 0 Å². The number of thiophene rings is 1. The molecule has 0 saturated carbocycles. The van der Waals surface area contributed by atoms with Crippen molar-refractivity contribution in [2.24, 2.45) is 5.92 Å². The molecular weight excluding hydrogens is 256 g/mol.